The number of carbonyl (C=O) groups is 2. The van der Waals surface area contributed by atoms with E-state index in [0.717, 1.165) is 16.8 Å². The standard InChI is InChI=1S/C15H20F3N3O3/c1-9-4-5-11(10(2)6-9)19-8-13(23)21-20-12(22)7-14(3,24)15(16,17)18/h4-6,19,24H,7-8H2,1-3H3,(H,20,22)(H,21,23)/t14-/m1/s1. The van der Waals surface area contributed by atoms with Crippen molar-refractivity contribution in [2.45, 2.75) is 39.0 Å². The molecule has 0 heterocycles. The van der Waals surface area contributed by atoms with Gasteiger partial charge in [0.2, 0.25) is 5.91 Å². The number of hydrogen-bond acceptors (Lipinski definition) is 4. The van der Waals surface area contributed by atoms with Gasteiger partial charge in [0, 0.05) is 5.69 Å². The molecule has 0 aliphatic heterocycles. The molecule has 0 saturated carbocycles. The summed E-state index contributed by atoms with van der Waals surface area (Å²) in [6.45, 7) is 4.08. The van der Waals surface area contributed by atoms with Gasteiger partial charge in [-0.15, -0.1) is 0 Å². The summed E-state index contributed by atoms with van der Waals surface area (Å²) in [6, 6.07) is 5.56. The number of hydrogen-bond donors (Lipinski definition) is 4. The quantitative estimate of drug-likeness (QED) is 0.609. The van der Waals surface area contributed by atoms with Crippen molar-refractivity contribution < 1.29 is 27.9 Å². The van der Waals surface area contributed by atoms with Gasteiger partial charge in [-0.05, 0) is 32.4 Å². The average molecular weight is 347 g/mol. The molecule has 1 aromatic carbocycles. The van der Waals surface area contributed by atoms with Gasteiger partial charge in [-0.2, -0.15) is 13.2 Å². The van der Waals surface area contributed by atoms with E-state index in [1.165, 1.54) is 0 Å². The molecule has 9 heteroatoms. The van der Waals surface area contributed by atoms with Crippen LogP contribution >= 0.6 is 0 Å². The van der Waals surface area contributed by atoms with Gasteiger partial charge in [-0.3, -0.25) is 20.4 Å². The molecule has 24 heavy (non-hydrogen) atoms. The molecule has 0 radical (unpaired) electrons. The Morgan fingerprint density at radius 3 is 2.25 bits per heavy atom. The topological polar surface area (TPSA) is 90.5 Å². The maximum absolute atomic E-state index is 12.4. The average Bonchev–Trinajstić information content (AvgIpc) is 2.42. The van der Waals surface area contributed by atoms with E-state index in [4.69, 9.17) is 0 Å². The third-order valence-corrected chi connectivity index (χ3v) is 3.28. The monoisotopic (exact) mass is 347 g/mol. The van der Waals surface area contributed by atoms with Crippen LogP contribution in [0, 0.1) is 13.8 Å². The summed E-state index contributed by atoms with van der Waals surface area (Å²) in [6.07, 6.45) is -6.17. The molecule has 134 valence electrons. The van der Waals surface area contributed by atoms with Crippen LogP contribution in [0.5, 0.6) is 0 Å². The minimum atomic E-state index is -4.95. The highest BCUT2D eigenvalue weighted by molar-refractivity contribution is 5.85. The van der Waals surface area contributed by atoms with Crippen molar-refractivity contribution in [1.82, 2.24) is 10.9 Å². The van der Waals surface area contributed by atoms with Gasteiger partial charge in [0.05, 0.1) is 13.0 Å². The smallest absolute Gasteiger partial charge is 0.380 e. The van der Waals surface area contributed by atoms with Crippen LogP contribution in [-0.4, -0.2) is 35.2 Å². The zero-order valence-electron chi connectivity index (χ0n) is 13.5. The second-order valence-electron chi connectivity index (χ2n) is 5.72. The van der Waals surface area contributed by atoms with Crippen molar-refractivity contribution in [3.63, 3.8) is 0 Å². The first kappa shape index (κ1) is 19.8. The Morgan fingerprint density at radius 1 is 1.12 bits per heavy atom. The normalized spacial score (nSPS) is 13.8. The molecule has 0 spiro atoms. The van der Waals surface area contributed by atoms with Gasteiger partial charge in [0.15, 0.2) is 5.60 Å². The highest BCUT2D eigenvalue weighted by Gasteiger charge is 2.51. The van der Waals surface area contributed by atoms with Crippen LogP contribution in [0.2, 0.25) is 0 Å². The van der Waals surface area contributed by atoms with E-state index in [1.54, 1.807) is 6.07 Å². The molecule has 0 saturated heterocycles. The van der Waals surface area contributed by atoms with Crippen LogP contribution in [0.25, 0.3) is 0 Å². The number of hydrazine groups is 1. The molecule has 0 bridgehead atoms. The molecule has 0 unspecified atom stereocenters. The van der Waals surface area contributed by atoms with E-state index < -0.39 is 30.0 Å². The van der Waals surface area contributed by atoms with Crippen LogP contribution in [0.15, 0.2) is 18.2 Å². The number of amides is 2. The molecule has 1 aromatic rings. The number of alkyl halides is 3. The predicted octanol–water partition coefficient (Wildman–Crippen LogP) is 1.57. The van der Waals surface area contributed by atoms with E-state index >= 15 is 0 Å². The number of nitrogens with one attached hydrogen (secondary N) is 3. The maximum Gasteiger partial charge on any atom is 0.417 e. The molecule has 0 fully saturated rings. The fourth-order valence-electron chi connectivity index (χ4n) is 1.83. The highest BCUT2D eigenvalue weighted by Crippen LogP contribution is 2.32. The van der Waals surface area contributed by atoms with Gasteiger partial charge < -0.3 is 10.4 Å². The van der Waals surface area contributed by atoms with E-state index in [1.807, 2.05) is 36.8 Å². The lowest BCUT2D eigenvalue weighted by Gasteiger charge is -2.25. The van der Waals surface area contributed by atoms with Crippen LogP contribution < -0.4 is 16.2 Å². The lowest BCUT2D eigenvalue weighted by molar-refractivity contribution is -0.253. The number of aliphatic hydroxyl groups is 1. The SMILES string of the molecule is Cc1ccc(NCC(=O)NNC(=O)C[C@@](C)(O)C(F)(F)F)c(C)c1. The molecule has 4 N–H and O–H groups in total. The third-order valence-electron chi connectivity index (χ3n) is 3.28. The Labute approximate surface area is 137 Å². The summed E-state index contributed by atoms with van der Waals surface area (Å²) in [5.41, 5.74) is 3.35. The molecular formula is C15H20F3N3O3. The Morgan fingerprint density at radius 2 is 1.71 bits per heavy atom. The van der Waals surface area contributed by atoms with Gasteiger partial charge in [-0.25, -0.2) is 0 Å². The number of carbonyl (C=O) groups excluding carboxylic acids is 2. The Kier molecular flexibility index (Phi) is 6.19. The number of rotatable bonds is 5. The first-order valence-corrected chi connectivity index (χ1v) is 7.10. The van der Waals surface area contributed by atoms with Gasteiger partial charge in [-0.1, -0.05) is 17.7 Å². The van der Waals surface area contributed by atoms with Crippen LogP contribution in [-0.2, 0) is 9.59 Å². The van der Waals surface area contributed by atoms with Crippen LogP contribution in [0.4, 0.5) is 18.9 Å². The maximum atomic E-state index is 12.4. The molecule has 2 amide bonds. The van der Waals surface area contributed by atoms with E-state index in [-0.39, 0.29) is 6.54 Å². The zero-order valence-corrected chi connectivity index (χ0v) is 13.5. The van der Waals surface area contributed by atoms with Gasteiger partial charge in [0.25, 0.3) is 5.91 Å². The van der Waals surface area contributed by atoms with Crippen molar-refractivity contribution in [2.75, 3.05) is 11.9 Å². The minimum absolute atomic E-state index is 0.181. The van der Waals surface area contributed by atoms with Crippen molar-refractivity contribution >= 4 is 17.5 Å². The Hall–Kier alpha value is -2.29. The highest BCUT2D eigenvalue weighted by atomic mass is 19.4. The van der Waals surface area contributed by atoms with Crippen molar-refractivity contribution in [3.05, 3.63) is 29.3 Å². The zero-order chi connectivity index (χ0) is 18.5. The summed E-state index contributed by atoms with van der Waals surface area (Å²) < 4.78 is 37.3. The second-order valence-corrected chi connectivity index (χ2v) is 5.72. The molecule has 6 nitrogen and oxygen atoms in total. The molecule has 0 aliphatic carbocycles. The largest absolute Gasteiger partial charge is 0.417 e. The van der Waals surface area contributed by atoms with Crippen molar-refractivity contribution in [1.29, 1.82) is 0 Å². The molecule has 0 aliphatic rings. The van der Waals surface area contributed by atoms with Crippen LogP contribution in [0.1, 0.15) is 24.5 Å². The van der Waals surface area contributed by atoms with E-state index in [9.17, 15) is 27.9 Å². The number of anilines is 1. The van der Waals surface area contributed by atoms with E-state index in [0.29, 0.717) is 6.92 Å². The summed E-state index contributed by atoms with van der Waals surface area (Å²) in [5.74, 6) is -1.80. The fraction of sp³-hybridized carbons (Fsp3) is 0.467. The third kappa shape index (κ3) is 5.73. The molecule has 1 rings (SSSR count). The lowest BCUT2D eigenvalue weighted by Crippen LogP contribution is -2.50. The van der Waals surface area contributed by atoms with Crippen molar-refractivity contribution in [2.24, 2.45) is 0 Å². The second kappa shape index (κ2) is 7.52. The van der Waals surface area contributed by atoms with E-state index in [2.05, 4.69) is 5.32 Å². The van der Waals surface area contributed by atoms with Crippen molar-refractivity contribution in [3.8, 4) is 0 Å². The lowest BCUT2D eigenvalue weighted by atomic mass is 10.0. The summed E-state index contributed by atoms with van der Waals surface area (Å²) in [4.78, 5) is 23.0. The first-order chi connectivity index (χ1) is 10.9. The summed E-state index contributed by atoms with van der Waals surface area (Å²) in [5, 5.41) is 12.0. The van der Waals surface area contributed by atoms with Gasteiger partial charge >= 0.3 is 6.18 Å². The predicted molar refractivity (Wildman–Crippen MR) is 82.0 cm³/mol. The molecular weight excluding hydrogens is 327 g/mol. The minimum Gasteiger partial charge on any atom is -0.380 e. The Balaban J connectivity index is 2.42. The summed E-state index contributed by atoms with van der Waals surface area (Å²) in [7, 11) is 0. The first-order valence-electron chi connectivity index (χ1n) is 7.10. The molecule has 0 aromatic heterocycles. The summed E-state index contributed by atoms with van der Waals surface area (Å²) >= 11 is 0. The number of halogens is 3. The fourth-order valence-corrected chi connectivity index (χ4v) is 1.83. The molecule has 1 atom stereocenters. The van der Waals surface area contributed by atoms with Gasteiger partial charge in [0.1, 0.15) is 0 Å². The Bertz CT molecular complexity index is 616. The van der Waals surface area contributed by atoms with Crippen LogP contribution in [0.3, 0.4) is 0 Å². The number of benzene rings is 1. The number of aryl methyl sites for hydroxylation is 2.